The number of allylic oxidation sites excluding steroid dienone is 1. The van der Waals surface area contributed by atoms with E-state index in [0.717, 1.165) is 16.7 Å². The Morgan fingerprint density at radius 2 is 1.67 bits per heavy atom. The van der Waals surface area contributed by atoms with Crippen molar-refractivity contribution in [1.82, 2.24) is 0 Å². The van der Waals surface area contributed by atoms with Gasteiger partial charge in [-0.1, -0.05) is 47.5 Å². The first-order valence-corrected chi connectivity index (χ1v) is 7.02. The Bertz CT molecular complexity index is 732. The molecule has 21 heavy (non-hydrogen) atoms. The highest BCUT2D eigenvalue weighted by Gasteiger charge is 2.18. The van der Waals surface area contributed by atoms with Crippen molar-refractivity contribution in [3.63, 3.8) is 0 Å². The van der Waals surface area contributed by atoms with Crippen molar-refractivity contribution >= 4 is 40.0 Å². The van der Waals surface area contributed by atoms with E-state index < -0.39 is 5.24 Å². The predicted octanol–water partition coefficient (Wildman–Crippen LogP) is 4.60. The van der Waals surface area contributed by atoms with Crippen LogP contribution in [0.1, 0.15) is 16.7 Å². The van der Waals surface area contributed by atoms with Crippen LogP contribution in [0, 0.1) is 13.8 Å². The number of hydrogen-bond donors (Lipinski definition) is 0. The van der Waals surface area contributed by atoms with Crippen molar-refractivity contribution in [2.24, 2.45) is 0 Å². The Kier molecular flexibility index (Phi) is 4.64. The molecule has 2 aromatic carbocycles. The summed E-state index contributed by atoms with van der Waals surface area (Å²) in [6, 6.07) is 11.6. The highest BCUT2D eigenvalue weighted by atomic mass is 35.5. The van der Waals surface area contributed by atoms with Gasteiger partial charge in [0.2, 0.25) is 0 Å². The number of hydrogen-bond acceptors (Lipinski definition) is 2. The van der Waals surface area contributed by atoms with E-state index in [-0.39, 0.29) is 5.57 Å². The van der Waals surface area contributed by atoms with Gasteiger partial charge in [0, 0.05) is 5.56 Å². The second-order valence-corrected chi connectivity index (χ2v) is 5.52. The van der Waals surface area contributed by atoms with E-state index >= 15 is 0 Å². The number of rotatable bonds is 3. The van der Waals surface area contributed by atoms with Gasteiger partial charge in [-0.15, -0.1) is 0 Å². The Morgan fingerprint density at radius 1 is 1.05 bits per heavy atom. The Labute approximate surface area is 133 Å². The van der Waals surface area contributed by atoms with E-state index in [1.165, 1.54) is 0 Å². The molecule has 4 heteroatoms. The fraction of sp³-hybridized carbons (Fsp3) is 0.118. The van der Waals surface area contributed by atoms with Gasteiger partial charge in [-0.25, -0.2) is 4.79 Å². The van der Waals surface area contributed by atoms with Gasteiger partial charge in [-0.05, 0) is 48.2 Å². The van der Waals surface area contributed by atoms with Crippen LogP contribution in [0.2, 0.25) is 5.02 Å². The van der Waals surface area contributed by atoms with Gasteiger partial charge in [0.05, 0.1) is 5.02 Å². The van der Waals surface area contributed by atoms with Crippen molar-refractivity contribution in [2.75, 3.05) is 0 Å². The maximum atomic E-state index is 11.3. The molecule has 0 amide bonds. The van der Waals surface area contributed by atoms with Gasteiger partial charge < -0.3 is 0 Å². The lowest BCUT2D eigenvalue weighted by Gasteiger charge is -2.11. The topological polar surface area (TPSA) is 34.1 Å². The average Bonchev–Trinajstić information content (AvgIpc) is 2.42. The van der Waals surface area contributed by atoms with Crippen molar-refractivity contribution in [1.29, 1.82) is 0 Å². The standard InChI is InChI=1S/C17H12Cl2O2/c1-10-3-5-12(6-4-10)13-7-11(2)16(15(18)8-13)14(9-20)17(19)21/h3-8H,1-2H3. The molecule has 0 spiro atoms. The summed E-state index contributed by atoms with van der Waals surface area (Å²) in [6.07, 6.45) is 0. The van der Waals surface area contributed by atoms with Crippen molar-refractivity contribution < 1.29 is 9.59 Å². The van der Waals surface area contributed by atoms with Crippen LogP contribution >= 0.6 is 23.2 Å². The molecular formula is C17H12Cl2O2. The summed E-state index contributed by atoms with van der Waals surface area (Å²) in [5, 5.41) is -0.559. The zero-order valence-corrected chi connectivity index (χ0v) is 13.0. The lowest BCUT2D eigenvalue weighted by Crippen LogP contribution is -1.99. The average molecular weight is 319 g/mol. The van der Waals surface area contributed by atoms with E-state index in [1.54, 1.807) is 18.9 Å². The minimum Gasteiger partial charge on any atom is -0.275 e. The molecule has 0 unspecified atom stereocenters. The van der Waals surface area contributed by atoms with E-state index in [4.69, 9.17) is 23.2 Å². The maximum absolute atomic E-state index is 11.3. The lowest BCUT2D eigenvalue weighted by molar-refractivity contribution is -0.106. The molecule has 2 aromatic rings. The van der Waals surface area contributed by atoms with Gasteiger partial charge >= 0.3 is 0 Å². The molecule has 0 saturated heterocycles. The van der Waals surface area contributed by atoms with Crippen LogP contribution in [0.4, 0.5) is 0 Å². The molecule has 0 N–H and O–H groups in total. The fourth-order valence-corrected chi connectivity index (χ4v) is 2.66. The number of benzene rings is 2. The molecule has 0 fully saturated rings. The summed E-state index contributed by atoms with van der Waals surface area (Å²) in [7, 11) is 0. The van der Waals surface area contributed by atoms with Crippen LogP contribution in [-0.2, 0) is 9.59 Å². The zero-order chi connectivity index (χ0) is 15.6. The Balaban J connectivity index is 2.59. The quantitative estimate of drug-likeness (QED) is 0.470. The van der Waals surface area contributed by atoms with E-state index in [9.17, 15) is 9.59 Å². The van der Waals surface area contributed by atoms with Crippen LogP contribution < -0.4 is 0 Å². The molecule has 0 aliphatic rings. The Hall–Kier alpha value is -1.86. The van der Waals surface area contributed by atoms with Crippen molar-refractivity contribution in [2.45, 2.75) is 13.8 Å². The first-order chi connectivity index (χ1) is 9.93. The molecular weight excluding hydrogens is 307 g/mol. The summed E-state index contributed by atoms with van der Waals surface area (Å²) in [5.74, 6) is 1.57. The van der Waals surface area contributed by atoms with Crippen LogP contribution in [0.25, 0.3) is 16.7 Å². The lowest BCUT2D eigenvalue weighted by atomic mass is 9.96. The number of carbonyl (C=O) groups excluding carboxylic acids is 2. The second kappa shape index (κ2) is 6.28. The molecule has 2 rings (SSSR count). The molecule has 0 aromatic heterocycles. The maximum Gasteiger partial charge on any atom is 0.264 e. The molecule has 0 bridgehead atoms. The summed E-state index contributed by atoms with van der Waals surface area (Å²) < 4.78 is 0. The third kappa shape index (κ3) is 3.25. The summed E-state index contributed by atoms with van der Waals surface area (Å²) >= 11 is 11.6. The summed E-state index contributed by atoms with van der Waals surface area (Å²) in [4.78, 5) is 22.2. The number of halogens is 2. The highest BCUT2D eigenvalue weighted by Crippen LogP contribution is 2.32. The van der Waals surface area contributed by atoms with Gasteiger partial charge in [-0.3, -0.25) is 4.79 Å². The van der Waals surface area contributed by atoms with Crippen LogP contribution in [0.3, 0.4) is 0 Å². The number of aryl methyl sites for hydroxylation is 2. The summed E-state index contributed by atoms with van der Waals surface area (Å²) in [6.45, 7) is 3.79. The second-order valence-electron chi connectivity index (χ2n) is 4.77. The first-order valence-electron chi connectivity index (χ1n) is 6.26. The van der Waals surface area contributed by atoms with Crippen molar-refractivity contribution in [3.05, 3.63) is 58.1 Å². The molecule has 2 nitrogen and oxygen atoms in total. The van der Waals surface area contributed by atoms with E-state index in [2.05, 4.69) is 0 Å². The third-order valence-electron chi connectivity index (χ3n) is 3.22. The Morgan fingerprint density at radius 3 is 2.14 bits per heavy atom. The smallest absolute Gasteiger partial charge is 0.264 e. The van der Waals surface area contributed by atoms with E-state index in [1.807, 2.05) is 37.3 Å². The molecule has 106 valence electrons. The minimum atomic E-state index is -0.863. The van der Waals surface area contributed by atoms with Crippen LogP contribution in [0.15, 0.2) is 36.4 Å². The molecule has 0 radical (unpaired) electrons. The molecule has 0 aliphatic carbocycles. The van der Waals surface area contributed by atoms with Crippen LogP contribution in [0.5, 0.6) is 0 Å². The first kappa shape index (κ1) is 15.5. The van der Waals surface area contributed by atoms with Crippen LogP contribution in [-0.4, -0.2) is 11.2 Å². The summed E-state index contributed by atoms with van der Waals surface area (Å²) in [5.41, 5.74) is 3.87. The molecule has 0 saturated carbocycles. The molecule has 0 heterocycles. The third-order valence-corrected chi connectivity index (χ3v) is 3.71. The fourth-order valence-electron chi connectivity index (χ4n) is 2.16. The predicted molar refractivity (Wildman–Crippen MR) is 86.3 cm³/mol. The monoisotopic (exact) mass is 318 g/mol. The highest BCUT2D eigenvalue weighted by molar-refractivity contribution is 6.76. The largest absolute Gasteiger partial charge is 0.275 e. The zero-order valence-electron chi connectivity index (χ0n) is 11.5. The normalized spacial score (nSPS) is 10.1. The van der Waals surface area contributed by atoms with E-state index in [0.29, 0.717) is 16.1 Å². The minimum absolute atomic E-state index is 0.241. The van der Waals surface area contributed by atoms with Gasteiger partial charge in [-0.2, -0.15) is 0 Å². The van der Waals surface area contributed by atoms with Gasteiger partial charge in [0.15, 0.2) is 0 Å². The van der Waals surface area contributed by atoms with Gasteiger partial charge in [0.25, 0.3) is 5.24 Å². The van der Waals surface area contributed by atoms with Crippen molar-refractivity contribution in [3.8, 4) is 11.1 Å². The molecule has 0 aliphatic heterocycles. The number of carbonyl (C=O) groups is 1. The molecule has 0 atom stereocenters. The van der Waals surface area contributed by atoms with Gasteiger partial charge in [0.1, 0.15) is 11.5 Å². The SMILES string of the molecule is Cc1ccc(-c2cc(C)c(C(=C=O)C(=O)Cl)c(Cl)c2)cc1.